The molecule has 1 atom stereocenters. The van der Waals surface area contributed by atoms with Crippen LogP contribution >= 0.6 is 0 Å². The van der Waals surface area contributed by atoms with Crippen molar-refractivity contribution in [3.8, 4) is 0 Å². The van der Waals surface area contributed by atoms with Crippen LogP contribution in [0.15, 0.2) is 30.3 Å². The van der Waals surface area contributed by atoms with Gasteiger partial charge in [0.15, 0.2) is 0 Å². The molecule has 0 saturated carbocycles. The lowest BCUT2D eigenvalue weighted by Crippen LogP contribution is -2.19. The van der Waals surface area contributed by atoms with E-state index in [4.69, 9.17) is 0 Å². The summed E-state index contributed by atoms with van der Waals surface area (Å²) in [5, 5.41) is 2.63. The van der Waals surface area contributed by atoms with Gasteiger partial charge in [-0.15, -0.1) is 0 Å². The molecule has 0 aromatic heterocycles. The number of amides is 1. The SMILES string of the molecule is CNC(=O)CC(C)c1ccccc1. The van der Waals surface area contributed by atoms with Crippen molar-refractivity contribution >= 4 is 5.91 Å². The molecule has 0 fully saturated rings. The van der Waals surface area contributed by atoms with E-state index >= 15 is 0 Å². The largest absolute Gasteiger partial charge is 0.359 e. The van der Waals surface area contributed by atoms with Crippen molar-refractivity contribution in [3.63, 3.8) is 0 Å². The Morgan fingerprint density at radius 2 is 2.00 bits per heavy atom. The van der Waals surface area contributed by atoms with E-state index in [1.54, 1.807) is 7.05 Å². The lowest BCUT2D eigenvalue weighted by molar-refractivity contribution is -0.120. The van der Waals surface area contributed by atoms with Crippen molar-refractivity contribution in [2.75, 3.05) is 7.05 Å². The summed E-state index contributed by atoms with van der Waals surface area (Å²) in [7, 11) is 1.67. The number of hydrogen-bond donors (Lipinski definition) is 1. The van der Waals surface area contributed by atoms with Crippen LogP contribution in [0.3, 0.4) is 0 Å². The van der Waals surface area contributed by atoms with Gasteiger partial charge in [0.25, 0.3) is 0 Å². The molecular weight excluding hydrogens is 162 g/mol. The lowest BCUT2D eigenvalue weighted by Gasteiger charge is -2.09. The molecule has 0 aliphatic carbocycles. The maximum absolute atomic E-state index is 11.1. The average molecular weight is 177 g/mol. The first-order valence-corrected chi connectivity index (χ1v) is 4.49. The fourth-order valence-corrected chi connectivity index (χ4v) is 1.28. The number of carbonyl (C=O) groups excluding carboxylic acids is 1. The van der Waals surface area contributed by atoms with E-state index in [0.717, 1.165) is 0 Å². The first-order chi connectivity index (χ1) is 6.24. The first kappa shape index (κ1) is 9.78. The Morgan fingerprint density at radius 1 is 1.38 bits per heavy atom. The first-order valence-electron chi connectivity index (χ1n) is 4.49. The fourth-order valence-electron chi connectivity index (χ4n) is 1.28. The number of benzene rings is 1. The zero-order chi connectivity index (χ0) is 9.68. The lowest BCUT2D eigenvalue weighted by atomic mass is 9.98. The van der Waals surface area contributed by atoms with E-state index in [-0.39, 0.29) is 5.91 Å². The highest BCUT2D eigenvalue weighted by atomic mass is 16.1. The molecule has 0 aliphatic rings. The summed E-state index contributed by atoms with van der Waals surface area (Å²) in [6, 6.07) is 10.1. The summed E-state index contributed by atoms with van der Waals surface area (Å²) in [5.41, 5.74) is 1.21. The smallest absolute Gasteiger partial charge is 0.220 e. The van der Waals surface area contributed by atoms with E-state index in [0.29, 0.717) is 12.3 Å². The van der Waals surface area contributed by atoms with Gasteiger partial charge in [0.1, 0.15) is 0 Å². The highest BCUT2D eigenvalue weighted by Crippen LogP contribution is 2.17. The molecule has 2 heteroatoms. The number of carbonyl (C=O) groups is 1. The maximum atomic E-state index is 11.1. The third-order valence-electron chi connectivity index (χ3n) is 2.14. The molecule has 0 saturated heterocycles. The molecule has 0 heterocycles. The third kappa shape index (κ3) is 2.90. The topological polar surface area (TPSA) is 29.1 Å². The monoisotopic (exact) mass is 177 g/mol. The van der Waals surface area contributed by atoms with Crippen LogP contribution in [-0.4, -0.2) is 13.0 Å². The minimum atomic E-state index is 0.0938. The Hall–Kier alpha value is -1.31. The van der Waals surface area contributed by atoms with Crippen molar-refractivity contribution < 1.29 is 4.79 Å². The minimum absolute atomic E-state index is 0.0938. The Morgan fingerprint density at radius 3 is 2.54 bits per heavy atom. The molecule has 1 aromatic carbocycles. The highest BCUT2D eigenvalue weighted by Gasteiger charge is 2.08. The van der Waals surface area contributed by atoms with Gasteiger partial charge in [-0.05, 0) is 11.5 Å². The van der Waals surface area contributed by atoms with Gasteiger partial charge < -0.3 is 5.32 Å². The summed E-state index contributed by atoms with van der Waals surface area (Å²) in [6.45, 7) is 2.06. The standard InChI is InChI=1S/C11H15NO/c1-9(8-11(13)12-2)10-6-4-3-5-7-10/h3-7,9H,8H2,1-2H3,(H,12,13). The second-order valence-corrected chi connectivity index (χ2v) is 3.19. The van der Waals surface area contributed by atoms with Gasteiger partial charge in [-0.1, -0.05) is 37.3 Å². The van der Waals surface area contributed by atoms with Gasteiger partial charge in [0.05, 0.1) is 0 Å². The van der Waals surface area contributed by atoms with E-state index in [2.05, 4.69) is 12.2 Å². The average Bonchev–Trinajstić information content (AvgIpc) is 2.19. The van der Waals surface area contributed by atoms with Gasteiger partial charge in [-0.25, -0.2) is 0 Å². The zero-order valence-electron chi connectivity index (χ0n) is 8.08. The number of nitrogens with one attached hydrogen (secondary N) is 1. The summed E-state index contributed by atoms with van der Waals surface area (Å²) < 4.78 is 0. The molecule has 0 aliphatic heterocycles. The molecule has 1 aromatic rings. The predicted octanol–water partition coefficient (Wildman–Crippen LogP) is 1.93. The normalized spacial score (nSPS) is 12.2. The fraction of sp³-hybridized carbons (Fsp3) is 0.364. The van der Waals surface area contributed by atoms with Crippen LogP contribution in [0.25, 0.3) is 0 Å². The molecule has 2 nitrogen and oxygen atoms in total. The number of rotatable bonds is 3. The molecule has 1 rings (SSSR count). The molecule has 0 radical (unpaired) electrons. The van der Waals surface area contributed by atoms with Crippen LogP contribution in [0.2, 0.25) is 0 Å². The Labute approximate surface area is 79.0 Å². The second kappa shape index (κ2) is 4.65. The van der Waals surface area contributed by atoms with Crippen LogP contribution in [0, 0.1) is 0 Å². The molecule has 1 unspecified atom stereocenters. The van der Waals surface area contributed by atoms with Gasteiger partial charge in [0.2, 0.25) is 5.91 Å². The Bertz CT molecular complexity index is 269. The molecular formula is C11H15NO. The maximum Gasteiger partial charge on any atom is 0.220 e. The molecule has 0 spiro atoms. The quantitative estimate of drug-likeness (QED) is 0.751. The number of hydrogen-bond acceptors (Lipinski definition) is 1. The molecule has 0 bridgehead atoms. The van der Waals surface area contributed by atoms with Crippen molar-refractivity contribution in [2.45, 2.75) is 19.3 Å². The summed E-state index contributed by atoms with van der Waals surface area (Å²) >= 11 is 0. The predicted molar refractivity (Wildman–Crippen MR) is 53.5 cm³/mol. The van der Waals surface area contributed by atoms with Gasteiger partial charge in [-0.2, -0.15) is 0 Å². The minimum Gasteiger partial charge on any atom is -0.359 e. The van der Waals surface area contributed by atoms with Crippen LogP contribution < -0.4 is 5.32 Å². The van der Waals surface area contributed by atoms with Crippen molar-refractivity contribution in [1.29, 1.82) is 0 Å². The highest BCUT2D eigenvalue weighted by molar-refractivity contribution is 5.76. The van der Waals surface area contributed by atoms with Crippen LogP contribution in [0.5, 0.6) is 0 Å². The van der Waals surface area contributed by atoms with E-state index < -0.39 is 0 Å². The van der Waals surface area contributed by atoms with Gasteiger partial charge in [0, 0.05) is 13.5 Å². The molecule has 13 heavy (non-hydrogen) atoms. The van der Waals surface area contributed by atoms with E-state index in [1.165, 1.54) is 5.56 Å². The van der Waals surface area contributed by atoms with Gasteiger partial charge >= 0.3 is 0 Å². The van der Waals surface area contributed by atoms with Crippen molar-refractivity contribution in [1.82, 2.24) is 5.32 Å². The summed E-state index contributed by atoms with van der Waals surface area (Å²) in [5.74, 6) is 0.387. The summed E-state index contributed by atoms with van der Waals surface area (Å²) in [6.07, 6.45) is 0.556. The zero-order valence-corrected chi connectivity index (χ0v) is 8.08. The van der Waals surface area contributed by atoms with Crippen molar-refractivity contribution in [2.24, 2.45) is 0 Å². The molecule has 70 valence electrons. The van der Waals surface area contributed by atoms with Crippen LogP contribution in [-0.2, 0) is 4.79 Å². The Kier molecular flexibility index (Phi) is 3.50. The molecule has 1 N–H and O–H groups in total. The second-order valence-electron chi connectivity index (χ2n) is 3.19. The molecule has 1 amide bonds. The third-order valence-corrected chi connectivity index (χ3v) is 2.14. The Balaban J connectivity index is 2.59. The summed E-state index contributed by atoms with van der Waals surface area (Å²) in [4.78, 5) is 11.1. The van der Waals surface area contributed by atoms with E-state index in [1.807, 2.05) is 30.3 Å². The van der Waals surface area contributed by atoms with Crippen LogP contribution in [0.1, 0.15) is 24.8 Å². The van der Waals surface area contributed by atoms with Crippen molar-refractivity contribution in [3.05, 3.63) is 35.9 Å². The van der Waals surface area contributed by atoms with Crippen LogP contribution in [0.4, 0.5) is 0 Å². The van der Waals surface area contributed by atoms with Gasteiger partial charge in [-0.3, -0.25) is 4.79 Å². The van der Waals surface area contributed by atoms with E-state index in [9.17, 15) is 4.79 Å².